The van der Waals surface area contributed by atoms with Gasteiger partial charge in [-0.2, -0.15) is 0 Å². The van der Waals surface area contributed by atoms with Gasteiger partial charge < -0.3 is 20.9 Å². The number of benzene rings is 1. The van der Waals surface area contributed by atoms with Crippen LogP contribution in [-0.4, -0.2) is 30.1 Å². The van der Waals surface area contributed by atoms with E-state index in [1.165, 1.54) is 7.11 Å². The number of hydrogen-bond donors (Lipinski definition) is 3. The summed E-state index contributed by atoms with van der Waals surface area (Å²) in [5.41, 5.74) is 5.94. The molecule has 1 aromatic carbocycles. The number of nitrogens with two attached hydrogens (primary N) is 1. The number of ether oxygens (including phenoxy) is 1. The van der Waals surface area contributed by atoms with Gasteiger partial charge in [0.25, 0.3) is 0 Å². The highest BCUT2D eigenvalue weighted by molar-refractivity contribution is 9.10. The number of rotatable bonds is 5. The fourth-order valence-electron chi connectivity index (χ4n) is 1.26. The van der Waals surface area contributed by atoms with Gasteiger partial charge in [0.15, 0.2) is 0 Å². The predicted octanol–water partition coefficient (Wildman–Crippen LogP) is 1.20. The average molecular weight is 317 g/mol. The minimum absolute atomic E-state index is 0.414. The van der Waals surface area contributed by atoms with Crippen molar-refractivity contribution in [1.82, 2.24) is 0 Å². The fraction of sp³-hybridized carbons (Fsp3) is 0.273. The number of anilines is 1. The van der Waals surface area contributed by atoms with E-state index in [1.54, 1.807) is 18.2 Å². The molecule has 0 saturated carbocycles. The molecule has 0 bridgehead atoms. The number of aliphatic carboxylic acids is 1. The van der Waals surface area contributed by atoms with Gasteiger partial charge in [-0.15, -0.1) is 0 Å². The van der Waals surface area contributed by atoms with Crippen molar-refractivity contribution in [1.29, 1.82) is 0 Å². The van der Waals surface area contributed by atoms with Crippen LogP contribution in [0.1, 0.15) is 6.42 Å². The third kappa shape index (κ3) is 4.01. The molecule has 0 aliphatic rings. The molecule has 1 aromatic rings. The molecule has 18 heavy (non-hydrogen) atoms. The number of carboxylic acid groups (broad SMARTS) is 1. The Labute approximate surface area is 112 Å². The first-order valence-corrected chi connectivity index (χ1v) is 5.85. The molecule has 4 N–H and O–H groups in total. The summed E-state index contributed by atoms with van der Waals surface area (Å²) in [6, 6.07) is 3.87. The van der Waals surface area contributed by atoms with E-state index in [1.807, 2.05) is 0 Å². The van der Waals surface area contributed by atoms with E-state index in [-0.39, 0.29) is 0 Å². The largest absolute Gasteiger partial charge is 0.496 e. The molecule has 6 nitrogen and oxygen atoms in total. The zero-order valence-electron chi connectivity index (χ0n) is 9.64. The monoisotopic (exact) mass is 316 g/mol. The molecule has 1 atom stereocenters. The Morgan fingerprint density at radius 2 is 2.22 bits per heavy atom. The first-order valence-electron chi connectivity index (χ1n) is 5.06. The number of methoxy groups -OCH3 is 1. The first kappa shape index (κ1) is 14.5. The fourth-order valence-corrected chi connectivity index (χ4v) is 1.80. The number of carbonyl (C=O) groups is 2. The van der Waals surface area contributed by atoms with Gasteiger partial charge >= 0.3 is 5.97 Å². The molecule has 0 saturated heterocycles. The number of nitrogens with one attached hydrogen (secondary N) is 1. The third-order valence-electron chi connectivity index (χ3n) is 2.15. The SMILES string of the molecule is COc1ccc(NC(=O)C(N)CC(=O)O)cc1Br. The van der Waals surface area contributed by atoms with E-state index >= 15 is 0 Å². The molecule has 0 aromatic heterocycles. The van der Waals surface area contributed by atoms with Crippen molar-refractivity contribution in [3.63, 3.8) is 0 Å². The van der Waals surface area contributed by atoms with Crippen molar-refractivity contribution in [3.8, 4) is 5.75 Å². The van der Waals surface area contributed by atoms with E-state index in [9.17, 15) is 9.59 Å². The maximum atomic E-state index is 11.6. The molecule has 1 unspecified atom stereocenters. The lowest BCUT2D eigenvalue weighted by molar-refractivity contribution is -0.138. The van der Waals surface area contributed by atoms with Crippen molar-refractivity contribution in [3.05, 3.63) is 22.7 Å². The number of halogens is 1. The molecule has 0 heterocycles. The maximum Gasteiger partial charge on any atom is 0.305 e. The summed E-state index contributed by atoms with van der Waals surface area (Å²) in [7, 11) is 1.53. The second-order valence-corrected chi connectivity index (χ2v) is 4.40. The van der Waals surface area contributed by atoms with Gasteiger partial charge in [-0.05, 0) is 34.1 Å². The Hall–Kier alpha value is -1.60. The molecule has 0 aliphatic carbocycles. The quantitative estimate of drug-likeness (QED) is 0.757. The number of carbonyl (C=O) groups excluding carboxylic acids is 1. The van der Waals surface area contributed by atoms with Crippen molar-refractivity contribution in [2.24, 2.45) is 5.73 Å². The first-order chi connectivity index (χ1) is 8.43. The lowest BCUT2D eigenvalue weighted by Gasteiger charge is -2.11. The summed E-state index contributed by atoms with van der Waals surface area (Å²) in [5, 5.41) is 11.1. The van der Waals surface area contributed by atoms with Crippen LogP contribution in [0.5, 0.6) is 5.75 Å². The van der Waals surface area contributed by atoms with Crippen LogP contribution in [0, 0.1) is 0 Å². The summed E-state index contributed by atoms with van der Waals surface area (Å²) in [6.45, 7) is 0. The van der Waals surface area contributed by atoms with Gasteiger partial charge in [-0.3, -0.25) is 9.59 Å². The van der Waals surface area contributed by atoms with Crippen LogP contribution >= 0.6 is 15.9 Å². The van der Waals surface area contributed by atoms with Crippen molar-refractivity contribution in [2.45, 2.75) is 12.5 Å². The van der Waals surface area contributed by atoms with Crippen LogP contribution in [-0.2, 0) is 9.59 Å². The van der Waals surface area contributed by atoms with Crippen LogP contribution in [0.15, 0.2) is 22.7 Å². The Bertz CT molecular complexity index is 464. The third-order valence-corrected chi connectivity index (χ3v) is 2.77. The molecule has 1 rings (SSSR count). The molecule has 0 fully saturated rings. The van der Waals surface area contributed by atoms with E-state index in [4.69, 9.17) is 15.6 Å². The van der Waals surface area contributed by atoms with Crippen LogP contribution in [0.2, 0.25) is 0 Å². The topological polar surface area (TPSA) is 102 Å². The number of hydrogen-bond acceptors (Lipinski definition) is 4. The van der Waals surface area contributed by atoms with E-state index < -0.39 is 24.3 Å². The molecule has 0 spiro atoms. The average Bonchev–Trinajstić information content (AvgIpc) is 2.28. The standard InChI is InChI=1S/C11H13BrN2O4/c1-18-9-3-2-6(4-7(9)12)14-11(17)8(13)5-10(15)16/h2-4,8H,5,13H2,1H3,(H,14,17)(H,15,16). The van der Waals surface area contributed by atoms with Gasteiger partial charge in [0.2, 0.25) is 5.91 Å². The normalized spacial score (nSPS) is 11.7. The van der Waals surface area contributed by atoms with Gasteiger partial charge in [0.05, 0.1) is 24.0 Å². The van der Waals surface area contributed by atoms with E-state index in [0.29, 0.717) is 15.9 Å². The zero-order valence-corrected chi connectivity index (χ0v) is 11.2. The molecule has 7 heteroatoms. The summed E-state index contributed by atoms with van der Waals surface area (Å²) < 4.78 is 5.72. The Balaban J connectivity index is 2.70. The van der Waals surface area contributed by atoms with Crippen LogP contribution < -0.4 is 15.8 Å². The molecule has 0 aliphatic heterocycles. The van der Waals surface area contributed by atoms with Crippen LogP contribution in [0.3, 0.4) is 0 Å². The lowest BCUT2D eigenvalue weighted by atomic mass is 10.2. The van der Waals surface area contributed by atoms with Crippen molar-refractivity contribution < 1.29 is 19.4 Å². The van der Waals surface area contributed by atoms with Crippen molar-refractivity contribution in [2.75, 3.05) is 12.4 Å². The highest BCUT2D eigenvalue weighted by Gasteiger charge is 2.17. The minimum atomic E-state index is -1.12. The van der Waals surface area contributed by atoms with Crippen molar-refractivity contribution >= 4 is 33.5 Å². The summed E-state index contributed by atoms with van der Waals surface area (Å²) in [6.07, 6.45) is -0.414. The number of amides is 1. The highest BCUT2D eigenvalue weighted by Crippen LogP contribution is 2.27. The summed E-state index contributed by atoms with van der Waals surface area (Å²) in [5.74, 6) is -1.04. The second kappa shape index (κ2) is 6.36. The molecular weight excluding hydrogens is 304 g/mol. The lowest BCUT2D eigenvalue weighted by Crippen LogP contribution is -2.37. The van der Waals surface area contributed by atoms with Crippen LogP contribution in [0.4, 0.5) is 5.69 Å². The zero-order chi connectivity index (χ0) is 13.7. The molecule has 0 radical (unpaired) electrons. The molecule has 1 amide bonds. The van der Waals surface area contributed by atoms with E-state index in [2.05, 4.69) is 21.2 Å². The molecule has 98 valence electrons. The number of carboxylic acids is 1. The Kier molecular flexibility index (Phi) is 5.11. The van der Waals surface area contributed by atoms with Gasteiger partial charge in [0, 0.05) is 5.69 Å². The minimum Gasteiger partial charge on any atom is -0.496 e. The van der Waals surface area contributed by atoms with E-state index in [0.717, 1.165) is 0 Å². The maximum absolute atomic E-state index is 11.6. The van der Waals surface area contributed by atoms with Gasteiger partial charge in [-0.25, -0.2) is 0 Å². The molecular formula is C11H13BrN2O4. The highest BCUT2D eigenvalue weighted by atomic mass is 79.9. The van der Waals surface area contributed by atoms with Gasteiger partial charge in [-0.1, -0.05) is 0 Å². The van der Waals surface area contributed by atoms with Gasteiger partial charge in [0.1, 0.15) is 5.75 Å². The smallest absolute Gasteiger partial charge is 0.305 e. The Morgan fingerprint density at radius 3 is 2.72 bits per heavy atom. The van der Waals surface area contributed by atoms with Crippen LogP contribution in [0.25, 0.3) is 0 Å². The summed E-state index contributed by atoms with van der Waals surface area (Å²) in [4.78, 5) is 22.0. The second-order valence-electron chi connectivity index (χ2n) is 3.54. The summed E-state index contributed by atoms with van der Waals surface area (Å²) >= 11 is 3.27. The Morgan fingerprint density at radius 1 is 1.56 bits per heavy atom. The predicted molar refractivity (Wildman–Crippen MR) is 69.6 cm³/mol.